The van der Waals surface area contributed by atoms with Crippen molar-refractivity contribution in [2.75, 3.05) is 5.32 Å². The average molecular weight is 220 g/mol. The number of benzene rings is 1. The Morgan fingerprint density at radius 3 is 2.94 bits per heavy atom. The summed E-state index contributed by atoms with van der Waals surface area (Å²) in [4.78, 5) is 10.9. The third kappa shape index (κ3) is 1.10. The van der Waals surface area contributed by atoms with Crippen molar-refractivity contribution in [3.63, 3.8) is 0 Å². The molecule has 1 aromatic rings. The average Bonchev–Trinajstić information content (AvgIpc) is 2.69. The summed E-state index contributed by atoms with van der Waals surface area (Å²) in [6, 6.07) is 6.73. The van der Waals surface area contributed by atoms with Gasteiger partial charge in [0.05, 0.1) is 0 Å². The number of rotatable bonds is 1. The molecular weight excluding hydrogens is 208 g/mol. The second-order valence-corrected chi connectivity index (χ2v) is 4.31. The molecule has 5 heteroatoms. The standard InChI is InChI=1S/C11H12N2O3/c14-9(15)8-5-11(16)6-3-1-2-4-7(6)12-10(11)13-8/h1-4,8,10,12-13,16H,5H2,(H,14,15)/t8?,10-,11+/m0/s1. The number of nitrogens with one attached hydrogen (secondary N) is 2. The van der Waals surface area contributed by atoms with E-state index in [1.54, 1.807) is 0 Å². The predicted octanol–water partition coefficient (Wildman–Crippen LogP) is 0.0723. The molecule has 3 atom stereocenters. The van der Waals surface area contributed by atoms with Crippen molar-refractivity contribution in [1.82, 2.24) is 5.32 Å². The number of carboxylic acids is 1. The van der Waals surface area contributed by atoms with E-state index < -0.39 is 23.8 Å². The van der Waals surface area contributed by atoms with Crippen molar-refractivity contribution in [1.29, 1.82) is 0 Å². The first-order valence-electron chi connectivity index (χ1n) is 5.18. The monoisotopic (exact) mass is 220 g/mol. The molecule has 0 spiro atoms. The molecule has 2 aliphatic rings. The van der Waals surface area contributed by atoms with Crippen LogP contribution in [-0.2, 0) is 10.4 Å². The van der Waals surface area contributed by atoms with Gasteiger partial charge in [-0.25, -0.2) is 0 Å². The van der Waals surface area contributed by atoms with Crippen molar-refractivity contribution in [2.24, 2.45) is 0 Å². The molecule has 1 saturated heterocycles. The largest absolute Gasteiger partial charge is 0.480 e. The Morgan fingerprint density at radius 2 is 2.19 bits per heavy atom. The van der Waals surface area contributed by atoms with Crippen LogP contribution in [0.15, 0.2) is 24.3 Å². The number of carboxylic acid groups (broad SMARTS) is 1. The van der Waals surface area contributed by atoms with Crippen LogP contribution >= 0.6 is 0 Å². The first-order chi connectivity index (χ1) is 7.61. The van der Waals surface area contributed by atoms with Crippen LogP contribution < -0.4 is 10.6 Å². The SMILES string of the molecule is O=C(O)C1C[C@@]2(O)c3ccccc3N[C@H]2N1. The Hall–Kier alpha value is -1.59. The molecule has 1 unspecified atom stereocenters. The normalized spacial score (nSPS) is 35.3. The molecule has 2 heterocycles. The van der Waals surface area contributed by atoms with Gasteiger partial charge in [0.1, 0.15) is 17.8 Å². The van der Waals surface area contributed by atoms with Gasteiger partial charge in [-0.1, -0.05) is 18.2 Å². The zero-order valence-corrected chi connectivity index (χ0v) is 8.47. The summed E-state index contributed by atoms with van der Waals surface area (Å²) in [7, 11) is 0. The second-order valence-electron chi connectivity index (χ2n) is 4.31. The minimum absolute atomic E-state index is 0.191. The van der Waals surface area contributed by atoms with Gasteiger partial charge in [-0.2, -0.15) is 0 Å². The van der Waals surface area contributed by atoms with Crippen molar-refractivity contribution >= 4 is 11.7 Å². The summed E-state index contributed by atoms with van der Waals surface area (Å²) >= 11 is 0. The van der Waals surface area contributed by atoms with Gasteiger partial charge in [-0.3, -0.25) is 10.1 Å². The molecule has 0 bridgehead atoms. The summed E-state index contributed by atoms with van der Waals surface area (Å²) in [6.07, 6.45) is -0.220. The third-order valence-corrected chi connectivity index (χ3v) is 3.35. The van der Waals surface area contributed by atoms with E-state index in [1.807, 2.05) is 24.3 Å². The van der Waals surface area contributed by atoms with Gasteiger partial charge in [-0.15, -0.1) is 0 Å². The summed E-state index contributed by atoms with van der Waals surface area (Å²) < 4.78 is 0. The molecule has 0 aromatic heterocycles. The van der Waals surface area contributed by atoms with E-state index in [2.05, 4.69) is 10.6 Å². The van der Waals surface area contributed by atoms with Crippen molar-refractivity contribution < 1.29 is 15.0 Å². The maximum Gasteiger partial charge on any atom is 0.320 e. The highest BCUT2D eigenvalue weighted by Gasteiger charge is 2.53. The fourth-order valence-electron chi connectivity index (χ4n) is 2.55. The molecule has 4 N–H and O–H groups in total. The topological polar surface area (TPSA) is 81.6 Å². The van der Waals surface area contributed by atoms with Gasteiger partial charge in [0.15, 0.2) is 0 Å². The molecule has 0 radical (unpaired) electrons. The number of para-hydroxylation sites is 1. The smallest absolute Gasteiger partial charge is 0.320 e. The highest BCUT2D eigenvalue weighted by Crippen LogP contribution is 2.44. The number of fused-ring (bicyclic) bond motifs is 3. The van der Waals surface area contributed by atoms with E-state index in [1.165, 1.54) is 0 Å². The highest BCUT2D eigenvalue weighted by atomic mass is 16.4. The zero-order chi connectivity index (χ0) is 11.3. The number of hydrogen-bond acceptors (Lipinski definition) is 4. The molecule has 1 aromatic carbocycles. The highest BCUT2D eigenvalue weighted by molar-refractivity contribution is 5.76. The van der Waals surface area contributed by atoms with Crippen LogP contribution in [0.25, 0.3) is 0 Å². The number of hydrogen-bond donors (Lipinski definition) is 4. The Labute approximate surface area is 92.1 Å². The van der Waals surface area contributed by atoms with Gasteiger partial charge in [0.2, 0.25) is 0 Å². The number of aliphatic carboxylic acids is 1. The van der Waals surface area contributed by atoms with Crippen LogP contribution in [0.1, 0.15) is 12.0 Å². The van der Waals surface area contributed by atoms with Crippen LogP contribution in [0.3, 0.4) is 0 Å². The minimum atomic E-state index is -1.11. The van der Waals surface area contributed by atoms with Crippen molar-refractivity contribution in [3.8, 4) is 0 Å². The molecule has 3 rings (SSSR count). The fraction of sp³-hybridized carbons (Fsp3) is 0.364. The Kier molecular flexibility index (Phi) is 1.78. The minimum Gasteiger partial charge on any atom is -0.480 e. The van der Waals surface area contributed by atoms with Crippen LogP contribution in [0, 0.1) is 0 Å². The summed E-state index contributed by atoms with van der Waals surface area (Å²) in [5.41, 5.74) is 0.530. The third-order valence-electron chi connectivity index (χ3n) is 3.35. The van der Waals surface area contributed by atoms with Gasteiger partial charge >= 0.3 is 5.97 Å². The maximum absolute atomic E-state index is 10.9. The van der Waals surface area contributed by atoms with E-state index >= 15 is 0 Å². The summed E-state index contributed by atoms with van der Waals surface area (Å²) in [6.45, 7) is 0. The number of carbonyl (C=O) groups is 1. The fourth-order valence-corrected chi connectivity index (χ4v) is 2.55. The molecule has 0 aliphatic carbocycles. The molecule has 2 aliphatic heterocycles. The predicted molar refractivity (Wildman–Crippen MR) is 56.9 cm³/mol. The van der Waals surface area contributed by atoms with Gasteiger partial charge in [0.25, 0.3) is 0 Å². The van der Waals surface area contributed by atoms with Gasteiger partial charge in [0, 0.05) is 17.7 Å². The van der Waals surface area contributed by atoms with Crippen LogP contribution in [0.4, 0.5) is 5.69 Å². The molecule has 1 fully saturated rings. The first kappa shape index (κ1) is 9.62. The molecule has 5 nitrogen and oxygen atoms in total. The van der Waals surface area contributed by atoms with Crippen molar-refractivity contribution in [2.45, 2.75) is 24.2 Å². The zero-order valence-electron chi connectivity index (χ0n) is 8.47. The maximum atomic E-state index is 10.9. The van der Waals surface area contributed by atoms with Gasteiger partial charge < -0.3 is 15.5 Å². The van der Waals surface area contributed by atoms with E-state index in [9.17, 15) is 9.90 Å². The lowest BCUT2D eigenvalue weighted by Gasteiger charge is -2.21. The van der Waals surface area contributed by atoms with Crippen LogP contribution in [-0.4, -0.2) is 28.4 Å². The Bertz CT molecular complexity index is 462. The lowest BCUT2D eigenvalue weighted by atomic mass is 9.91. The Balaban J connectivity index is 2.01. The van der Waals surface area contributed by atoms with E-state index in [-0.39, 0.29) is 6.42 Å². The molecule has 0 saturated carbocycles. The first-order valence-corrected chi connectivity index (χ1v) is 5.18. The van der Waals surface area contributed by atoms with E-state index in [0.717, 1.165) is 11.3 Å². The van der Waals surface area contributed by atoms with Crippen LogP contribution in [0.2, 0.25) is 0 Å². The lowest BCUT2D eigenvalue weighted by molar-refractivity contribution is -0.139. The molecule has 0 amide bonds. The quantitative estimate of drug-likeness (QED) is 0.538. The van der Waals surface area contributed by atoms with E-state index in [4.69, 9.17) is 5.11 Å². The van der Waals surface area contributed by atoms with Crippen molar-refractivity contribution in [3.05, 3.63) is 29.8 Å². The Morgan fingerprint density at radius 1 is 1.44 bits per heavy atom. The number of aliphatic hydroxyl groups is 1. The number of anilines is 1. The molecule has 16 heavy (non-hydrogen) atoms. The molecule has 84 valence electrons. The van der Waals surface area contributed by atoms with Gasteiger partial charge in [-0.05, 0) is 6.07 Å². The summed E-state index contributed by atoms with van der Waals surface area (Å²) in [5, 5.41) is 25.4. The molecular formula is C11H12N2O3. The summed E-state index contributed by atoms with van der Waals surface area (Å²) in [5.74, 6) is -0.929. The lowest BCUT2D eigenvalue weighted by Crippen LogP contribution is -2.42. The van der Waals surface area contributed by atoms with E-state index in [0.29, 0.717) is 0 Å². The van der Waals surface area contributed by atoms with Crippen LogP contribution in [0.5, 0.6) is 0 Å². The second kappa shape index (κ2) is 2.96.